The van der Waals surface area contributed by atoms with Crippen LogP contribution in [0.2, 0.25) is 0 Å². The molecule has 0 amide bonds. The molecule has 0 saturated carbocycles. The lowest BCUT2D eigenvalue weighted by atomic mass is 9.72. The van der Waals surface area contributed by atoms with Gasteiger partial charge < -0.3 is 4.42 Å². The van der Waals surface area contributed by atoms with Crippen molar-refractivity contribution < 1.29 is 4.42 Å². The molecular weight excluding hydrogens is 462 g/mol. The molecule has 0 N–H and O–H groups in total. The van der Waals surface area contributed by atoms with Crippen LogP contribution < -0.4 is 0 Å². The topological polar surface area (TPSA) is 26.0 Å². The first-order valence-electron chi connectivity index (χ1n) is 13.6. The van der Waals surface area contributed by atoms with E-state index >= 15 is 0 Å². The van der Waals surface area contributed by atoms with Crippen molar-refractivity contribution in [3.8, 4) is 22.4 Å². The molecule has 0 fully saturated rings. The quantitative estimate of drug-likeness (QED) is 0.231. The summed E-state index contributed by atoms with van der Waals surface area (Å²) in [6.07, 6.45) is 2.10. The monoisotopic (exact) mass is 489 g/mol. The molecule has 7 aromatic rings. The smallest absolute Gasteiger partial charge is 0.144 e. The highest BCUT2D eigenvalue weighted by Gasteiger charge is 2.42. The normalized spacial score (nSPS) is 13.9. The fraction of sp³-hybridized carbons (Fsp3) is 0.139. The first kappa shape index (κ1) is 21.6. The Balaban J connectivity index is 1.50. The number of furan rings is 1. The van der Waals surface area contributed by atoms with Crippen LogP contribution in [0.5, 0.6) is 0 Å². The second kappa shape index (κ2) is 7.79. The minimum Gasteiger partial charge on any atom is -0.455 e. The van der Waals surface area contributed by atoms with Gasteiger partial charge in [0.1, 0.15) is 11.2 Å². The third-order valence-electron chi connectivity index (χ3n) is 8.95. The van der Waals surface area contributed by atoms with Gasteiger partial charge in [-0.2, -0.15) is 0 Å². The van der Waals surface area contributed by atoms with Gasteiger partial charge in [-0.3, -0.25) is 0 Å². The lowest BCUT2D eigenvalue weighted by Gasteiger charge is -2.30. The Morgan fingerprint density at radius 3 is 2.13 bits per heavy atom. The van der Waals surface area contributed by atoms with Gasteiger partial charge in [-0.15, -0.1) is 0 Å². The maximum atomic E-state index is 6.77. The molecule has 182 valence electrons. The number of fused-ring (bicyclic) bond motifs is 10. The van der Waals surface area contributed by atoms with Crippen molar-refractivity contribution in [2.45, 2.75) is 32.1 Å². The minimum absolute atomic E-state index is 0.0217. The summed E-state index contributed by atoms with van der Waals surface area (Å²) in [6.45, 7) is 4.65. The summed E-state index contributed by atoms with van der Waals surface area (Å²) >= 11 is 0. The van der Waals surface area contributed by atoms with E-state index in [1.807, 2.05) is 0 Å². The van der Waals surface area contributed by atoms with E-state index < -0.39 is 0 Å². The van der Waals surface area contributed by atoms with Gasteiger partial charge in [0.25, 0.3) is 0 Å². The summed E-state index contributed by atoms with van der Waals surface area (Å²) in [5.41, 5.74) is 10.4. The minimum atomic E-state index is -0.0217. The van der Waals surface area contributed by atoms with Crippen LogP contribution in [-0.4, -0.2) is 4.98 Å². The van der Waals surface area contributed by atoms with Crippen LogP contribution >= 0.6 is 0 Å². The number of rotatable bonds is 3. The van der Waals surface area contributed by atoms with Crippen LogP contribution in [-0.2, 0) is 5.41 Å². The van der Waals surface area contributed by atoms with E-state index in [1.54, 1.807) is 0 Å². The number of nitrogens with zero attached hydrogens (tertiary/aromatic N) is 1. The predicted octanol–water partition coefficient (Wildman–Crippen LogP) is 10.0. The van der Waals surface area contributed by atoms with Gasteiger partial charge in [-0.05, 0) is 58.7 Å². The molecular formula is C36H27NO. The molecule has 2 nitrogen and oxygen atoms in total. The first-order valence-corrected chi connectivity index (χ1v) is 13.6. The molecule has 0 atom stereocenters. The van der Waals surface area contributed by atoms with Crippen LogP contribution in [0.3, 0.4) is 0 Å². The average Bonchev–Trinajstić information content (AvgIpc) is 3.50. The third kappa shape index (κ3) is 2.65. The summed E-state index contributed by atoms with van der Waals surface area (Å²) in [6, 6.07) is 36.9. The van der Waals surface area contributed by atoms with Crippen molar-refractivity contribution in [3.63, 3.8) is 0 Å². The number of benzene rings is 5. The van der Waals surface area contributed by atoms with E-state index in [1.165, 1.54) is 43.8 Å². The molecule has 0 unspecified atom stereocenters. The summed E-state index contributed by atoms with van der Waals surface area (Å²) in [7, 11) is 0. The molecule has 0 radical (unpaired) electrons. The zero-order valence-electron chi connectivity index (χ0n) is 21.6. The first-order chi connectivity index (χ1) is 18.7. The van der Waals surface area contributed by atoms with E-state index in [0.29, 0.717) is 0 Å². The van der Waals surface area contributed by atoms with Crippen molar-refractivity contribution in [1.82, 2.24) is 4.98 Å². The van der Waals surface area contributed by atoms with Crippen molar-refractivity contribution in [1.29, 1.82) is 0 Å². The molecule has 5 aromatic carbocycles. The molecule has 0 bridgehead atoms. The zero-order chi connectivity index (χ0) is 25.4. The Morgan fingerprint density at radius 1 is 0.605 bits per heavy atom. The predicted molar refractivity (Wildman–Crippen MR) is 159 cm³/mol. The van der Waals surface area contributed by atoms with Crippen LogP contribution in [0.1, 0.15) is 37.8 Å². The van der Waals surface area contributed by atoms with E-state index in [4.69, 9.17) is 9.40 Å². The third-order valence-corrected chi connectivity index (χ3v) is 8.95. The summed E-state index contributed by atoms with van der Waals surface area (Å²) < 4.78 is 6.77. The van der Waals surface area contributed by atoms with Crippen LogP contribution in [0.25, 0.3) is 66.0 Å². The Bertz CT molecular complexity index is 2060. The SMILES string of the molecule is CCC1(CC)c2ccccc2-c2ccc3oc4c(-c5nc6ccccc6c6ccccc56)cccc4c3c21. The fourth-order valence-corrected chi connectivity index (χ4v) is 7.16. The maximum Gasteiger partial charge on any atom is 0.144 e. The lowest BCUT2D eigenvalue weighted by molar-refractivity contribution is 0.494. The van der Waals surface area contributed by atoms with E-state index in [2.05, 4.69) is 117 Å². The van der Waals surface area contributed by atoms with Gasteiger partial charge >= 0.3 is 0 Å². The summed E-state index contributed by atoms with van der Waals surface area (Å²) in [4.78, 5) is 5.20. The van der Waals surface area contributed by atoms with Gasteiger partial charge in [0, 0.05) is 32.5 Å². The van der Waals surface area contributed by atoms with Crippen LogP contribution in [0.15, 0.2) is 108 Å². The Hall–Kier alpha value is -4.43. The highest BCUT2D eigenvalue weighted by Crippen LogP contribution is 2.56. The molecule has 2 heteroatoms. The molecule has 8 rings (SSSR count). The van der Waals surface area contributed by atoms with Gasteiger partial charge in [0.15, 0.2) is 0 Å². The Labute approximate surface area is 221 Å². The number of hydrogen-bond donors (Lipinski definition) is 0. The molecule has 0 aliphatic heterocycles. The van der Waals surface area contributed by atoms with E-state index in [-0.39, 0.29) is 5.41 Å². The molecule has 1 aliphatic rings. The molecule has 0 spiro atoms. The summed E-state index contributed by atoms with van der Waals surface area (Å²) in [5, 5.41) is 5.97. The maximum absolute atomic E-state index is 6.77. The van der Waals surface area contributed by atoms with Crippen molar-refractivity contribution in [3.05, 3.63) is 114 Å². The lowest BCUT2D eigenvalue weighted by Crippen LogP contribution is -2.23. The van der Waals surface area contributed by atoms with Gasteiger partial charge in [0.2, 0.25) is 0 Å². The molecule has 2 heterocycles. The number of pyridine rings is 1. The summed E-state index contributed by atoms with van der Waals surface area (Å²) in [5.74, 6) is 0. The molecule has 2 aromatic heterocycles. The van der Waals surface area contributed by atoms with Crippen LogP contribution in [0.4, 0.5) is 0 Å². The van der Waals surface area contributed by atoms with E-state index in [0.717, 1.165) is 46.2 Å². The fourth-order valence-electron chi connectivity index (χ4n) is 7.16. The average molecular weight is 490 g/mol. The second-order valence-corrected chi connectivity index (χ2v) is 10.5. The Kier molecular flexibility index (Phi) is 4.43. The standard InChI is InChI=1S/C36H27NO/c1-3-36(4-2)29-18-9-7-13-23(29)25-20-21-31-32(33(25)36)27-16-11-17-28(35(27)38-31)34-26-15-6-5-12-22(26)24-14-8-10-19-30(24)37-34/h5-21H,3-4H2,1-2H3. The molecule has 1 aliphatic carbocycles. The van der Waals surface area contributed by atoms with Crippen molar-refractivity contribution >= 4 is 43.6 Å². The van der Waals surface area contributed by atoms with Crippen molar-refractivity contribution in [2.75, 3.05) is 0 Å². The molecule has 38 heavy (non-hydrogen) atoms. The van der Waals surface area contributed by atoms with E-state index in [9.17, 15) is 0 Å². The van der Waals surface area contributed by atoms with Gasteiger partial charge in [0.05, 0.1) is 11.2 Å². The number of para-hydroxylation sites is 2. The zero-order valence-corrected chi connectivity index (χ0v) is 21.6. The highest BCUT2D eigenvalue weighted by atomic mass is 16.3. The number of hydrogen-bond acceptors (Lipinski definition) is 2. The van der Waals surface area contributed by atoms with Crippen LogP contribution in [0, 0.1) is 0 Å². The van der Waals surface area contributed by atoms with Gasteiger partial charge in [-0.25, -0.2) is 4.98 Å². The van der Waals surface area contributed by atoms with Gasteiger partial charge in [-0.1, -0.05) is 98.8 Å². The largest absolute Gasteiger partial charge is 0.455 e. The highest BCUT2D eigenvalue weighted by molar-refractivity contribution is 6.17. The number of aromatic nitrogens is 1. The second-order valence-electron chi connectivity index (χ2n) is 10.5. The van der Waals surface area contributed by atoms with Crippen molar-refractivity contribution in [2.24, 2.45) is 0 Å². The Morgan fingerprint density at radius 2 is 1.29 bits per heavy atom. The molecule has 0 saturated heterocycles.